The fourth-order valence-electron chi connectivity index (χ4n) is 1.86. The van der Waals surface area contributed by atoms with Gasteiger partial charge in [0, 0.05) is 18.2 Å². The van der Waals surface area contributed by atoms with Crippen molar-refractivity contribution < 1.29 is 14.3 Å². The molecule has 2 N–H and O–H groups in total. The smallest absolute Gasteiger partial charge is 0.226 e. The number of nitrogens with zero attached hydrogens (tertiary/aromatic N) is 1. The Labute approximate surface area is 117 Å². The van der Waals surface area contributed by atoms with E-state index in [4.69, 9.17) is 9.52 Å². The van der Waals surface area contributed by atoms with Gasteiger partial charge < -0.3 is 14.8 Å². The van der Waals surface area contributed by atoms with Crippen molar-refractivity contribution in [2.45, 2.75) is 25.8 Å². The molecule has 0 fully saturated rings. The van der Waals surface area contributed by atoms with Crippen molar-refractivity contribution in [1.82, 2.24) is 10.3 Å². The molecule has 1 atom stereocenters. The molecule has 0 spiro atoms. The van der Waals surface area contributed by atoms with E-state index < -0.39 is 0 Å². The van der Waals surface area contributed by atoms with Crippen LogP contribution < -0.4 is 5.32 Å². The van der Waals surface area contributed by atoms with Crippen molar-refractivity contribution in [3.63, 3.8) is 0 Å². The Morgan fingerprint density at radius 3 is 2.85 bits per heavy atom. The SMILES string of the molecule is C[C@H](CCO)NC(=O)Cc1coc(-c2ccccc2)n1. The van der Waals surface area contributed by atoms with Gasteiger partial charge in [-0.05, 0) is 25.5 Å². The number of hydrogen-bond acceptors (Lipinski definition) is 4. The predicted molar refractivity (Wildman–Crippen MR) is 75.0 cm³/mol. The highest BCUT2D eigenvalue weighted by atomic mass is 16.3. The maximum absolute atomic E-state index is 11.8. The number of nitrogens with one attached hydrogen (secondary N) is 1. The van der Waals surface area contributed by atoms with E-state index in [2.05, 4.69) is 10.3 Å². The number of amides is 1. The average Bonchev–Trinajstić information content (AvgIpc) is 2.88. The van der Waals surface area contributed by atoms with Gasteiger partial charge in [-0.1, -0.05) is 18.2 Å². The molecule has 1 amide bonds. The molecular weight excluding hydrogens is 256 g/mol. The summed E-state index contributed by atoms with van der Waals surface area (Å²) in [6.07, 6.45) is 2.21. The molecular formula is C15H18N2O3. The molecule has 0 aliphatic carbocycles. The summed E-state index contributed by atoms with van der Waals surface area (Å²) in [5.74, 6) is 0.385. The Morgan fingerprint density at radius 2 is 2.15 bits per heavy atom. The number of aliphatic hydroxyl groups is 1. The molecule has 0 aliphatic rings. The van der Waals surface area contributed by atoms with Crippen molar-refractivity contribution in [2.75, 3.05) is 6.61 Å². The van der Waals surface area contributed by atoms with Crippen LogP contribution in [0.15, 0.2) is 41.0 Å². The van der Waals surface area contributed by atoms with Crippen LogP contribution in [-0.4, -0.2) is 28.6 Å². The third-order valence-corrected chi connectivity index (χ3v) is 2.88. The highest BCUT2D eigenvalue weighted by Gasteiger charge is 2.12. The van der Waals surface area contributed by atoms with Gasteiger partial charge in [0.1, 0.15) is 6.26 Å². The van der Waals surface area contributed by atoms with E-state index in [-0.39, 0.29) is 25.0 Å². The Kier molecular flexibility index (Phi) is 4.90. The third kappa shape index (κ3) is 3.93. The molecule has 2 aromatic rings. The lowest BCUT2D eigenvalue weighted by Gasteiger charge is -2.11. The molecule has 1 heterocycles. The second kappa shape index (κ2) is 6.86. The topological polar surface area (TPSA) is 75.4 Å². The van der Waals surface area contributed by atoms with E-state index in [0.29, 0.717) is 18.0 Å². The standard InChI is InChI=1S/C15H18N2O3/c1-11(7-8-18)16-14(19)9-13-10-20-15(17-13)12-5-3-2-4-6-12/h2-6,10-11,18H,7-9H2,1H3,(H,16,19)/t11-/m1/s1. The number of oxazole rings is 1. The van der Waals surface area contributed by atoms with Crippen molar-refractivity contribution in [1.29, 1.82) is 0 Å². The lowest BCUT2D eigenvalue weighted by molar-refractivity contribution is -0.121. The number of carbonyl (C=O) groups is 1. The van der Waals surface area contributed by atoms with E-state index in [1.807, 2.05) is 37.3 Å². The van der Waals surface area contributed by atoms with Gasteiger partial charge in [-0.2, -0.15) is 0 Å². The predicted octanol–water partition coefficient (Wildman–Crippen LogP) is 1.77. The van der Waals surface area contributed by atoms with Crippen LogP contribution in [0.1, 0.15) is 19.0 Å². The van der Waals surface area contributed by atoms with Crippen LogP contribution in [0.3, 0.4) is 0 Å². The zero-order valence-electron chi connectivity index (χ0n) is 11.4. The third-order valence-electron chi connectivity index (χ3n) is 2.88. The van der Waals surface area contributed by atoms with Gasteiger partial charge >= 0.3 is 0 Å². The molecule has 20 heavy (non-hydrogen) atoms. The van der Waals surface area contributed by atoms with E-state index in [9.17, 15) is 4.79 Å². The Hall–Kier alpha value is -2.14. The van der Waals surface area contributed by atoms with E-state index in [0.717, 1.165) is 5.56 Å². The molecule has 0 unspecified atom stereocenters. The minimum Gasteiger partial charge on any atom is -0.444 e. The van der Waals surface area contributed by atoms with Gasteiger partial charge in [0.25, 0.3) is 0 Å². The summed E-state index contributed by atoms with van der Waals surface area (Å²) in [5, 5.41) is 11.6. The van der Waals surface area contributed by atoms with E-state index in [1.165, 1.54) is 6.26 Å². The molecule has 2 rings (SSSR count). The molecule has 1 aromatic carbocycles. The van der Waals surface area contributed by atoms with Crippen molar-refractivity contribution in [3.05, 3.63) is 42.3 Å². The minimum absolute atomic E-state index is 0.0482. The van der Waals surface area contributed by atoms with Gasteiger partial charge in [-0.3, -0.25) is 4.79 Å². The highest BCUT2D eigenvalue weighted by Crippen LogP contribution is 2.18. The molecule has 106 valence electrons. The number of aliphatic hydroxyl groups excluding tert-OH is 1. The molecule has 5 heteroatoms. The number of carbonyl (C=O) groups excluding carboxylic acids is 1. The van der Waals surface area contributed by atoms with Crippen LogP contribution in [-0.2, 0) is 11.2 Å². The Bertz CT molecular complexity index is 551. The second-order valence-corrected chi connectivity index (χ2v) is 4.67. The maximum Gasteiger partial charge on any atom is 0.226 e. The van der Waals surface area contributed by atoms with E-state index >= 15 is 0 Å². The first-order valence-corrected chi connectivity index (χ1v) is 6.59. The van der Waals surface area contributed by atoms with Gasteiger partial charge in [0.2, 0.25) is 11.8 Å². The lowest BCUT2D eigenvalue weighted by Crippen LogP contribution is -2.34. The number of rotatable bonds is 6. The molecule has 0 aliphatic heterocycles. The van der Waals surface area contributed by atoms with Crippen LogP contribution in [0.25, 0.3) is 11.5 Å². The first-order valence-electron chi connectivity index (χ1n) is 6.59. The largest absolute Gasteiger partial charge is 0.444 e. The number of benzene rings is 1. The normalized spacial score (nSPS) is 12.1. The molecule has 0 radical (unpaired) electrons. The summed E-state index contributed by atoms with van der Waals surface area (Å²) in [7, 11) is 0. The summed E-state index contributed by atoms with van der Waals surface area (Å²) in [4.78, 5) is 16.1. The fourth-order valence-corrected chi connectivity index (χ4v) is 1.86. The highest BCUT2D eigenvalue weighted by molar-refractivity contribution is 5.78. The van der Waals surface area contributed by atoms with Crippen LogP contribution in [0.2, 0.25) is 0 Å². The first kappa shape index (κ1) is 14.3. The Balaban J connectivity index is 1.95. The minimum atomic E-state index is -0.126. The van der Waals surface area contributed by atoms with Crippen molar-refractivity contribution in [2.24, 2.45) is 0 Å². The monoisotopic (exact) mass is 274 g/mol. The number of aromatic nitrogens is 1. The zero-order chi connectivity index (χ0) is 14.4. The summed E-state index contributed by atoms with van der Waals surface area (Å²) >= 11 is 0. The first-order chi connectivity index (χ1) is 9.69. The maximum atomic E-state index is 11.8. The Morgan fingerprint density at radius 1 is 1.40 bits per heavy atom. The quantitative estimate of drug-likeness (QED) is 0.841. The lowest BCUT2D eigenvalue weighted by atomic mass is 10.2. The molecule has 5 nitrogen and oxygen atoms in total. The van der Waals surface area contributed by atoms with Crippen LogP contribution in [0.5, 0.6) is 0 Å². The molecule has 0 saturated heterocycles. The fraction of sp³-hybridized carbons (Fsp3) is 0.333. The van der Waals surface area contributed by atoms with Crippen molar-refractivity contribution in [3.8, 4) is 11.5 Å². The average molecular weight is 274 g/mol. The zero-order valence-corrected chi connectivity index (χ0v) is 11.4. The van der Waals surface area contributed by atoms with E-state index in [1.54, 1.807) is 0 Å². The van der Waals surface area contributed by atoms with Crippen LogP contribution in [0, 0.1) is 0 Å². The van der Waals surface area contributed by atoms with Gasteiger partial charge in [-0.15, -0.1) is 0 Å². The van der Waals surface area contributed by atoms with Crippen LogP contribution in [0.4, 0.5) is 0 Å². The summed E-state index contributed by atoms with van der Waals surface area (Å²) in [5.41, 5.74) is 1.48. The summed E-state index contributed by atoms with van der Waals surface area (Å²) in [6.45, 7) is 1.91. The van der Waals surface area contributed by atoms with Gasteiger partial charge in [0.15, 0.2) is 0 Å². The van der Waals surface area contributed by atoms with Gasteiger partial charge in [-0.25, -0.2) is 4.98 Å². The molecule has 1 aromatic heterocycles. The summed E-state index contributed by atoms with van der Waals surface area (Å²) in [6, 6.07) is 9.49. The summed E-state index contributed by atoms with van der Waals surface area (Å²) < 4.78 is 5.37. The van der Waals surface area contributed by atoms with Crippen molar-refractivity contribution >= 4 is 5.91 Å². The number of hydrogen-bond donors (Lipinski definition) is 2. The molecule has 0 saturated carbocycles. The second-order valence-electron chi connectivity index (χ2n) is 4.67. The van der Waals surface area contributed by atoms with Crippen LogP contribution >= 0.6 is 0 Å². The molecule has 0 bridgehead atoms. The van der Waals surface area contributed by atoms with Gasteiger partial charge in [0.05, 0.1) is 12.1 Å².